The van der Waals surface area contributed by atoms with Crippen molar-refractivity contribution in [1.29, 1.82) is 0 Å². The molecule has 0 aliphatic rings. The minimum absolute atomic E-state index is 0.378. The Morgan fingerprint density at radius 2 is 2.06 bits per heavy atom. The summed E-state index contributed by atoms with van der Waals surface area (Å²) >= 11 is 0. The summed E-state index contributed by atoms with van der Waals surface area (Å²) in [6.45, 7) is 1.96. The van der Waals surface area contributed by atoms with Gasteiger partial charge in [-0.1, -0.05) is 0 Å². The van der Waals surface area contributed by atoms with Gasteiger partial charge in [-0.2, -0.15) is 0 Å². The molecular weight excluding hydrogens is 216 g/mol. The molecule has 2 aromatic rings. The summed E-state index contributed by atoms with van der Waals surface area (Å²) in [6, 6.07) is 7.42. The van der Waals surface area contributed by atoms with Crippen molar-refractivity contribution >= 4 is 6.29 Å². The Bertz CT molecular complexity index is 553. The summed E-state index contributed by atoms with van der Waals surface area (Å²) in [6.07, 6.45) is 2.10. The Morgan fingerprint density at radius 1 is 1.24 bits per heavy atom. The summed E-state index contributed by atoms with van der Waals surface area (Å²) in [4.78, 5) is 18.6. The molecule has 17 heavy (non-hydrogen) atoms. The first-order chi connectivity index (χ1) is 8.24. The summed E-state index contributed by atoms with van der Waals surface area (Å²) in [5.74, 6) is 0.832. The number of carbonyl (C=O) groups excluding carboxylic acids is 1. The van der Waals surface area contributed by atoms with Crippen LogP contribution >= 0.6 is 0 Å². The highest BCUT2D eigenvalue weighted by Gasteiger charge is 2.04. The number of methoxy groups -OCH3 is 1. The van der Waals surface area contributed by atoms with Crippen LogP contribution in [0.5, 0.6) is 5.75 Å². The second kappa shape index (κ2) is 4.74. The van der Waals surface area contributed by atoms with Gasteiger partial charge in [0.15, 0.2) is 6.29 Å². The second-order valence-electron chi connectivity index (χ2n) is 3.63. The lowest BCUT2D eigenvalue weighted by Gasteiger charge is -2.07. The first-order valence-electron chi connectivity index (χ1n) is 5.17. The first-order valence-corrected chi connectivity index (χ1v) is 5.17. The summed E-state index contributed by atoms with van der Waals surface area (Å²) in [7, 11) is 1.64. The van der Waals surface area contributed by atoms with E-state index in [1.165, 1.54) is 6.33 Å². The van der Waals surface area contributed by atoms with Crippen LogP contribution in [0, 0.1) is 6.92 Å². The van der Waals surface area contributed by atoms with Crippen molar-refractivity contribution in [3.05, 3.63) is 41.9 Å². The van der Waals surface area contributed by atoms with E-state index in [4.69, 9.17) is 4.74 Å². The zero-order chi connectivity index (χ0) is 12.3. The van der Waals surface area contributed by atoms with Crippen molar-refractivity contribution in [3.8, 4) is 17.0 Å². The van der Waals surface area contributed by atoms with Crippen molar-refractivity contribution in [2.45, 2.75) is 6.92 Å². The highest BCUT2D eigenvalue weighted by molar-refractivity contribution is 5.75. The van der Waals surface area contributed by atoms with Crippen LogP contribution in [0.15, 0.2) is 30.6 Å². The van der Waals surface area contributed by atoms with E-state index in [1.54, 1.807) is 13.2 Å². The van der Waals surface area contributed by atoms with E-state index in [0.29, 0.717) is 12.0 Å². The molecule has 0 aliphatic carbocycles. The van der Waals surface area contributed by atoms with Gasteiger partial charge in [0.2, 0.25) is 0 Å². The molecule has 1 aromatic heterocycles. The number of carbonyl (C=O) groups is 1. The van der Waals surface area contributed by atoms with Crippen molar-refractivity contribution in [2.75, 3.05) is 7.11 Å². The molecule has 0 fully saturated rings. The molecular formula is C13H12N2O2. The molecule has 1 aromatic carbocycles. The highest BCUT2D eigenvalue weighted by Crippen LogP contribution is 2.24. The fourth-order valence-corrected chi connectivity index (χ4v) is 1.63. The normalized spacial score (nSPS) is 10.0. The third kappa shape index (κ3) is 2.30. The smallest absolute Gasteiger partial charge is 0.168 e. The monoisotopic (exact) mass is 228 g/mol. The van der Waals surface area contributed by atoms with Gasteiger partial charge in [-0.05, 0) is 36.8 Å². The largest absolute Gasteiger partial charge is 0.496 e. The van der Waals surface area contributed by atoms with Gasteiger partial charge in [-0.25, -0.2) is 9.97 Å². The summed E-state index contributed by atoms with van der Waals surface area (Å²) in [5, 5.41) is 0. The molecule has 1 heterocycles. The molecule has 0 radical (unpaired) electrons. The van der Waals surface area contributed by atoms with Crippen molar-refractivity contribution in [1.82, 2.24) is 9.97 Å². The minimum atomic E-state index is 0.378. The second-order valence-corrected chi connectivity index (χ2v) is 3.63. The lowest BCUT2D eigenvalue weighted by atomic mass is 10.1. The average Bonchev–Trinajstić information content (AvgIpc) is 2.38. The predicted molar refractivity (Wildman–Crippen MR) is 64.1 cm³/mol. The maximum absolute atomic E-state index is 10.6. The van der Waals surface area contributed by atoms with Gasteiger partial charge in [-0.15, -0.1) is 0 Å². The maximum atomic E-state index is 10.6. The van der Waals surface area contributed by atoms with E-state index in [2.05, 4.69) is 9.97 Å². The van der Waals surface area contributed by atoms with Crippen LogP contribution in [-0.4, -0.2) is 23.4 Å². The Balaban J connectivity index is 2.45. The Labute approximate surface area is 99.3 Å². The lowest BCUT2D eigenvalue weighted by Crippen LogP contribution is -1.92. The van der Waals surface area contributed by atoms with E-state index < -0.39 is 0 Å². The third-order valence-electron chi connectivity index (χ3n) is 2.50. The Kier molecular flexibility index (Phi) is 3.14. The molecule has 4 heteroatoms. The fraction of sp³-hybridized carbons (Fsp3) is 0.154. The molecule has 0 saturated heterocycles. The van der Waals surface area contributed by atoms with Gasteiger partial charge in [0.05, 0.1) is 12.8 Å². The molecule has 0 aliphatic heterocycles. The molecule has 0 atom stereocenters. The van der Waals surface area contributed by atoms with Gasteiger partial charge < -0.3 is 4.74 Å². The number of rotatable bonds is 3. The van der Waals surface area contributed by atoms with Crippen LogP contribution in [0.25, 0.3) is 11.3 Å². The molecule has 4 nitrogen and oxygen atoms in total. The molecule has 0 spiro atoms. The highest BCUT2D eigenvalue weighted by atomic mass is 16.5. The fourth-order valence-electron chi connectivity index (χ4n) is 1.63. The number of aldehydes is 1. The zero-order valence-electron chi connectivity index (χ0n) is 9.68. The standard InChI is InChI=1S/C13H12N2O2/c1-9-5-10(3-4-13(9)17-2)12-6-11(7-16)14-8-15-12/h3-8H,1-2H3. The number of ether oxygens (including phenoxy) is 1. The molecule has 0 bridgehead atoms. The molecule has 0 unspecified atom stereocenters. The van der Waals surface area contributed by atoms with E-state index >= 15 is 0 Å². The number of aryl methyl sites for hydroxylation is 1. The van der Waals surface area contributed by atoms with Gasteiger partial charge in [-0.3, -0.25) is 4.79 Å². The topological polar surface area (TPSA) is 52.1 Å². The number of benzene rings is 1. The number of hydrogen-bond acceptors (Lipinski definition) is 4. The van der Waals surface area contributed by atoms with E-state index in [0.717, 1.165) is 22.6 Å². The minimum Gasteiger partial charge on any atom is -0.496 e. The van der Waals surface area contributed by atoms with Gasteiger partial charge in [0.25, 0.3) is 0 Å². The van der Waals surface area contributed by atoms with E-state index in [1.807, 2.05) is 25.1 Å². The number of hydrogen-bond donors (Lipinski definition) is 0. The molecule has 2 rings (SSSR count). The van der Waals surface area contributed by atoms with Crippen LogP contribution in [0.2, 0.25) is 0 Å². The SMILES string of the molecule is COc1ccc(-c2cc(C=O)ncn2)cc1C. The Morgan fingerprint density at radius 3 is 2.71 bits per heavy atom. The van der Waals surface area contributed by atoms with Gasteiger partial charge in [0, 0.05) is 5.56 Å². The van der Waals surface area contributed by atoms with Gasteiger partial charge in [0.1, 0.15) is 17.8 Å². The number of aromatic nitrogens is 2. The average molecular weight is 228 g/mol. The lowest BCUT2D eigenvalue weighted by molar-refractivity contribution is 0.111. The van der Waals surface area contributed by atoms with Gasteiger partial charge >= 0.3 is 0 Å². The van der Waals surface area contributed by atoms with Crippen LogP contribution in [-0.2, 0) is 0 Å². The quantitative estimate of drug-likeness (QED) is 0.756. The van der Waals surface area contributed by atoms with Crippen LogP contribution < -0.4 is 4.74 Å². The van der Waals surface area contributed by atoms with Crippen molar-refractivity contribution < 1.29 is 9.53 Å². The third-order valence-corrected chi connectivity index (χ3v) is 2.50. The maximum Gasteiger partial charge on any atom is 0.168 e. The molecule has 0 amide bonds. The van der Waals surface area contributed by atoms with Crippen molar-refractivity contribution in [2.24, 2.45) is 0 Å². The molecule has 0 N–H and O–H groups in total. The molecule has 0 saturated carbocycles. The predicted octanol–water partition coefficient (Wildman–Crippen LogP) is 2.27. The number of nitrogens with zero attached hydrogens (tertiary/aromatic N) is 2. The molecule has 86 valence electrons. The van der Waals surface area contributed by atoms with E-state index in [9.17, 15) is 4.79 Å². The van der Waals surface area contributed by atoms with Crippen LogP contribution in [0.4, 0.5) is 0 Å². The first kappa shape index (κ1) is 11.3. The Hall–Kier alpha value is -2.23. The summed E-state index contributed by atoms with van der Waals surface area (Å²) < 4.78 is 5.19. The zero-order valence-corrected chi connectivity index (χ0v) is 9.68. The van der Waals surface area contributed by atoms with Crippen molar-refractivity contribution in [3.63, 3.8) is 0 Å². The van der Waals surface area contributed by atoms with Crippen LogP contribution in [0.1, 0.15) is 16.1 Å². The van der Waals surface area contributed by atoms with Crippen LogP contribution in [0.3, 0.4) is 0 Å². The van der Waals surface area contributed by atoms with E-state index in [-0.39, 0.29) is 0 Å². The summed E-state index contributed by atoms with van der Waals surface area (Å²) in [5.41, 5.74) is 3.07.